The number of benzene rings is 4. The highest BCUT2D eigenvalue weighted by molar-refractivity contribution is 9.10. The van der Waals surface area contributed by atoms with Crippen molar-refractivity contribution in [3.8, 4) is 0 Å². The van der Waals surface area contributed by atoms with Gasteiger partial charge in [-0.1, -0.05) is 132 Å². The zero-order valence-corrected chi connectivity index (χ0v) is 20.3. The van der Waals surface area contributed by atoms with Crippen molar-refractivity contribution in [3.05, 3.63) is 142 Å². The third-order valence-electron chi connectivity index (χ3n) is 6.16. The maximum absolute atomic E-state index is 14.4. The summed E-state index contributed by atoms with van der Waals surface area (Å²) < 4.78 is 1.01. The van der Waals surface area contributed by atoms with E-state index in [1.807, 2.05) is 66.7 Å². The first-order chi connectivity index (χ1) is 16.1. The number of nitrogens with one attached hydrogen (secondary N) is 1. The third-order valence-corrected chi connectivity index (χ3v) is 6.69. The van der Waals surface area contributed by atoms with Crippen LogP contribution in [0.25, 0.3) is 0 Å². The molecule has 0 spiro atoms. The third kappa shape index (κ3) is 4.94. The Morgan fingerprint density at radius 1 is 0.727 bits per heavy atom. The monoisotopic (exact) mass is 497 g/mol. The summed E-state index contributed by atoms with van der Waals surface area (Å²) >= 11 is 3.53. The fourth-order valence-electron chi connectivity index (χ4n) is 4.57. The smallest absolute Gasteiger partial charge is 0.235 e. The van der Waals surface area contributed by atoms with Crippen LogP contribution in [0.3, 0.4) is 0 Å². The van der Waals surface area contributed by atoms with Crippen molar-refractivity contribution in [1.82, 2.24) is 5.32 Å². The Labute approximate surface area is 204 Å². The molecule has 0 saturated heterocycles. The fraction of sp³-hybridized carbons (Fsp3) is 0.167. The number of hydrogen-bond donors (Lipinski definition) is 1. The number of rotatable bonds is 8. The van der Waals surface area contributed by atoms with Crippen LogP contribution in [0.5, 0.6) is 0 Å². The largest absolute Gasteiger partial charge is 0.344 e. The van der Waals surface area contributed by atoms with Crippen molar-refractivity contribution >= 4 is 21.8 Å². The van der Waals surface area contributed by atoms with E-state index in [-0.39, 0.29) is 11.9 Å². The molecule has 166 valence electrons. The summed E-state index contributed by atoms with van der Waals surface area (Å²) in [6.45, 7) is 2.14. The maximum atomic E-state index is 14.4. The Bertz CT molecular complexity index is 1120. The molecule has 0 aliphatic rings. The molecule has 33 heavy (non-hydrogen) atoms. The molecule has 0 saturated carbocycles. The molecular formula is C30H28BrNO. The lowest BCUT2D eigenvalue weighted by molar-refractivity contribution is -0.126. The van der Waals surface area contributed by atoms with Crippen molar-refractivity contribution in [3.63, 3.8) is 0 Å². The van der Waals surface area contributed by atoms with E-state index in [0.29, 0.717) is 6.42 Å². The fourth-order valence-corrected chi connectivity index (χ4v) is 4.83. The molecule has 1 amide bonds. The van der Waals surface area contributed by atoms with Crippen LogP contribution in [-0.4, -0.2) is 5.91 Å². The van der Waals surface area contributed by atoms with Gasteiger partial charge in [-0.25, -0.2) is 0 Å². The maximum Gasteiger partial charge on any atom is 0.235 e. The molecule has 0 aliphatic carbocycles. The first-order valence-electron chi connectivity index (χ1n) is 11.4. The minimum absolute atomic E-state index is 0.0125. The summed E-state index contributed by atoms with van der Waals surface area (Å²) in [6.07, 6.45) is 1.60. The van der Waals surface area contributed by atoms with Crippen LogP contribution in [-0.2, 0) is 10.2 Å². The van der Waals surface area contributed by atoms with Crippen molar-refractivity contribution in [2.24, 2.45) is 0 Å². The van der Waals surface area contributed by atoms with Crippen LogP contribution in [0.15, 0.2) is 120 Å². The summed E-state index contributed by atoms with van der Waals surface area (Å²) in [6, 6.07) is 38.4. The van der Waals surface area contributed by atoms with Gasteiger partial charge in [-0.05, 0) is 40.8 Å². The van der Waals surface area contributed by atoms with Gasteiger partial charge >= 0.3 is 0 Å². The molecule has 0 aliphatic heterocycles. The highest BCUT2D eigenvalue weighted by Gasteiger charge is 2.42. The van der Waals surface area contributed by atoms with E-state index in [4.69, 9.17) is 0 Å². The number of hydrogen-bond acceptors (Lipinski definition) is 1. The molecular weight excluding hydrogens is 470 g/mol. The number of carbonyl (C=O) groups is 1. The van der Waals surface area contributed by atoms with E-state index in [1.54, 1.807) is 0 Å². The van der Waals surface area contributed by atoms with E-state index in [9.17, 15) is 4.79 Å². The predicted octanol–water partition coefficient (Wildman–Crippen LogP) is 7.44. The van der Waals surface area contributed by atoms with Gasteiger partial charge in [0.2, 0.25) is 5.91 Å². The number of amides is 1. The standard InChI is InChI=1S/C30H28BrNO/c1-2-22-30(25-14-8-4-9-15-25,26-16-10-5-11-17-26)29(33)32-28(23-12-6-3-7-13-23)24-18-20-27(31)21-19-24/h3-21,28H,2,22H2,1H3,(H,32,33). The molecule has 0 radical (unpaired) electrons. The zero-order valence-electron chi connectivity index (χ0n) is 18.7. The van der Waals surface area contributed by atoms with E-state index in [2.05, 4.69) is 76.7 Å². The molecule has 0 bridgehead atoms. The second kappa shape index (κ2) is 10.6. The second-order valence-electron chi connectivity index (χ2n) is 8.26. The summed E-state index contributed by atoms with van der Waals surface area (Å²) in [4.78, 5) is 14.4. The van der Waals surface area contributed by atoms with E-state index in [1.165, 1.54) is 0 Å². The average molecular weight is 498 g/mol. The minimum Gasteiger partial charge on any atom is -0.344 e. The summed E-state index contributed by atoms with van der Waals surface area (Å²) in [7, 11) is 0. The molecule has 1 unspecified atom stereocenters. The van der Waals surface area contributed by atoms with Gasteiger partial charge in [0.15, 0.2) is 0 Å². The van der Waals surface area contributed by atoms with Crippen molar-refractivity contribution in [2.75, 3.05) is 0 Å². The van der Waals surface area contributed by atoms with Gasteiger partial charge in [-0.2, -0.15) is 0 Å². The van der Waals surface area contributed by atoms with Gasteiger partial charge in [0.1, 0.15) is 0 Å². The Balaban J connectivity index is 1.83. The zero-order chi connectivity index (χ0) is 23.1. The van der Waals surface area contributed by atoms with Crippen molar-refractivity contribution in [1.29, 1.82) is 0 Å². The van der Waals surface area contributed by atoms with Crippen LogP contribution in [0.2, 0.25) is 0 Å². The van der Waals surface area contributed by atoms with Gasteiger partial charge < -0.3 is 5.32 Å². The van der Waals surface area contributed by atoms with Crippen LogP contribution in [0.4, 0.5) is 0 Å². The quantitative estimate of drug-likeness (QED) is 0.269. The highest BCUT2D eigenvalue weighted by Crippen LogP contribution is 2.38. The molecule has 1 atom stereocenters. The Hall–Kier alpha value is -3.17. The SMILES string of the molecule is CCCC(C(=O)NC(c1ccccc1)c1ccc(Br)cc1)(c1ccccc1)c1ccccc1. The molecule has 0 fully saturated rings. The first kappa shape index (κ1) is 23.0. The molecule has 4 aromatic carbocycles. The topological polar surface area (TPSA) is 29.1 Å². The Morgan fingerprint density at radius 3 is 1.67 bits per heavy atom. The lowest BCUT2D eigenvalue weighted by atomic mass is 9.70. The van der Waals surface area contributed by atoms with Gasteiger partial charge in [0.05, 0.1) is 11.5 Å². The van der Waals surface area contributed by atoms with Gasteiger partial charge in [-0.15, -0.1) is 0 Å². The lowest BCUT2D eigenvalue weighted by Gasteiger charge is -2.35. The van der Waals surface area contributed by atoms with Crippen LogP contribution in [0, 0.1) is 0 Å². The highest BCUT2D eigenvalue weighted by atomic mass is 79.9. The molecule has 4 aromatic rings. The summed E-state index contributed by atoms with van der Waals surface area (Å²) in [5.41, 5.74) is 3.35. The Morgan fingerprint density at radius 2 is 1.18 bits per heavy atom. The molecule has 3 heteroatoms. The minimum atomic E-state index is -0.778. The predicted molar refractivity (Wildman–Crippen MR) is 139 cm³/mol. The molecule has 1 N–H and O–H groups in total. The summed E-state index contributed by atoms with van der Waals surface area (Å²) in [5.74, 6) is 0.0125. The molecule has 0 heterocycles. The van der Waals surface area contributed by atoms with Crippen molar-refractivity contribution in [2.45, 2.75) is 31.2 Å². The number of carbonyl (C=O) groups excluding carboxylic acids is 1. The first-order valence-corrected chi connectivity index (χ1v) is 12.2. The normalized spacial score (nSPS) is 12.2. The van der Waals surface area contributed by atoms with Gasteiger partial charge in [0, 0.05) is 4.47 Å². The van der Waals surface area contributed by atoms with Crippen LogP contribution in [0.1, 0.15) is 48.1 Å². The summed E-state index contributed by atoms with van der Waals surface area (Å²) in [5, 5.41) is 3.44. The second-order valence-corrected chi connectivity index (χ2v) is 9.17. The number of halogens is 1. The lowest BCUT2D eigenvalue weighted by Crippen LogP contribution is -2.46. The van der Waals surface area contributed by atoms with E-state index >= 15 is 0 Å². The van der Waals surface area contributed by atoms with Crippen molar-refractivity contribution < 1.29 is 4.79 Å². The van der Waals surface area contributed by atoms with Crippen LogP contribution >= 0.6 is 15.9 Å². The average Bonchev–Trinajstić information content (AvgIpc) is 2.88. The van der Waals surface area contributed by atoms with E-state index < -0.39 is 5.41 Å². The van der Waals surface area contributed by atoms with Gasteiger partial charge in [0.25, 0.3) is 0 Å². The van der Waals surface area contributed by atoms with E-state index in [0.717, 1.165) is 33.1 Å². The molecule has 0 aromatic heterocycles. The Kier molecular flexibility index (Phi) is 7.41. The molecule has 2 nitrogen and oxygen atoms in total. The molecule has 4 rings (SSSR count). The van der Waals surface area contributed by atoms with Gasteiger partial charge in [-0.3, -0.25) is 4.79 Å². The van der Waals surface area contributed by atoms with Crippen LogP contribution < -0.4 is 5.32 Å².